The summed E-state index contributed by atoms with van der Waals surface area (Å²) in [5.41, 5.74) is 0. The molecule has 0 amide bonds. The Kier molecular flexibility index (Phi) is 2.14. The number of nitrogens with zero attached hydrogens (tertiary/aromatic N) is 3. The summed E-state index contributed by atoms with van der Waals surface area (Å²) in [6.45, 7) is 4.27. The minimum atomic E-state index is 0.740. The Balaban J connectivity index is 1.74. The van der Waals surface area contributed by atoms with Crippen molar-refractivity contribution in [1.82, 2.24) is 15.5 Å². The quantitative estimate of drug-likeness (QED) is 0.785. The van der Waals surface area contributed by atoms with Gasteiger partial charge in [0, 0.05) is 32.1 Å². The lowest BCUT2D eigenvalue weighted by Gasteiger charge is -2.26. The van der Waals surface area contributed by atoms with Crippen molar-refractivity contribution < 1.29 is 0 Å². The summed E-state index contributed by atoms with van der Waals surface area (Å²) in [5.74, 6) is 0.740. The zero-order valence-corrected chi connectivity index (χ0v) is 8.89. The van der Waals surface area contributed by atoms with Crippen molar-refractivity contribution in [2.75, 3.05) is 31.1 Å². The number of rotatable bonds is 2. The normalized spacial score (nSPS) is 22.7. The van der Waals surface area contributed by atoms with Gasteiger partial charge < -0.3 is 10.2 Å². The zero-order chi connectivity index (χ0) is 9.38. The van der Waals surface area contributed by atoms with Crippen molar-refractivity contribution in [1.29, 1.82) is 0 Å². The van der Waals surface area contributed by atoms with Gasteiger partial charge in [-0.05, 0) is 12.8 Å². The molecular weight excluding hydrogens is 196 g/mol. The largest absolute Gasteiger partial charge is 0.344 e. The van der Waals surface area contributed by atoms with E-state index in [9.17, 15) is 0 Å². The molecule has 1 saturated carbocycles. The topological polar surface area (TPSA) is 41.1 Å². The van der Waals surface area contributed by atoms with Crippen LogP contribution in [0.25, 0.3) is 0 Å². The van der Waals surface area contributed by atoms with Crippen molar-refractivity contribution in [2.45, 2.75) is 18.8 Å². The summed E-state index contributed by atoms with van der Waals surface area (Å²) < 4.78 is 0. The van der Waals surface area contributed by atoms with E-state index in [0.717, 1.165) is 37.2 Å². The Morgan fingerprint density at radius 1 is 1.21 bits per heavy atom. The fourth-order valence-electron chi connectivity index (χ4n) is 1.71. The number of nitrogens with one attached hydrogen (secondary N) is 1. The maximum Gasteiger partial charge on any atom is 0.208 e. The van der Waals surface area contributed by atoms with Crippen molar-refractivity contribution in [2.24, 2.45) is 0 Å². The minimum Gasteiger partial charge on any atom is -0.344 e. The molecule has 4 nitrogen and oxygen atoms in total. The second-order valence-corrected chi connectivity index (χ2v) is 4.92. The van der Waals surface area contributed by atoms with E-state index in [2.05, 4.69) is 20.4 Å². The lowest BCUT2D eigenvalue weighted by molar-refractivity contribution is 0.587. The van der Waals surface area contributed by atoms with Gasteiger partial charge in [-0.15, -0.1) is 10.2 Å². The summed E-state index contributed by atoms with van der Waals surface area (Å²) in [7, 11) is 0. The van der Waals surface area contributed by atoms with Crippen LogP contribution < -0.4 is 10.2 Å². The van der Waals surface area contributed by atoms with Crippen molar-refractivity contribution in [3.8, 4) is 0 Å². The summed E-state index contributed by atoms with van der Waals surface area (Å²) in [5, 5.41) is 14.2. The standard InChI is InChI=1S/C9H14N4S/c1-2-7(1)8-11-12-9(14-8)13-5-3-10-4-6-13/h7,10H,1-6H2. The zero-order valence-electron chi connectivity index (χ0n) is 8.07. The molecule has 1 aliphatic heterocycles. The van der Waals surface area contributed by atoms with Gasteiger partial charge in [-0.25, -0.2) is 0 Å². The van der Waals surface area contributed by atoms with Crippen LogP contribution in [0.4, 0.5) is 5.13 Å². The van der Waals surface area contributed by atoms with E-state index in [1.54, 1.807) is 11.3 Å². The van der Waals surface area contributed by atoms with Crippen LogP contribution in [0.2, 0.25) is 0 Å². The third kappa shape index (κ3) is 1.62. The molecule has 1 saturated heterocycles. The first-order chi connectivity index (χ1) is 6.93. The molecule has 1 aromatic rings. The Labute approximate surface area is 87.3 Å². The molecule has 3 rings (SSSR count). The van der Waals surface area contributed by atoms with Gasteiger partial charge in [0.1, 0.15) is 5.01 Å². The lowest BCUT2D eigenvalue weighted by Crippen LogP contribution is -2.43. The lowest BCUT2D eigenvalue weighted by atomic mass is 10.4. The van der Waals surface area contributed by atoms with E-state index < -0.39 is 0 Å². The van der Waals surface area contributed by atoms with Crippen molar-refractivity contribution in [3.05, 3.63) is 5.01 Å². The maximum absolute atomic E-state index is 4.27. The third-order valence-electron chi connectivity index (χ3n) is 2.74. The predicted octanol–water partition coefficient (Wildman–Crippen LogP) is 0.825. The van der Waals surface area contributed by atoms with Crippen LogP contribution in [0, 0.1) is 0 Å². The monoisotopic (exact) mass is 210 g/mol. The molecule has 14 heavy (non-hydrogen) atoms. The van der Waals surface area contributed by atoms with Gasteiger partial charge >= 0.3 is 0 Å². The highest BCUT2D eigenvalue weighted by molar-refractivity contribution is 7.15. The first-order valence-corrected chi connectivity index (χ1v) is 6.04. The van der Waals surface area contributed by atoms with Crippen LogP contribution in [0.5, 0.6) is 0 Å². The average Bonchev–Trinajstić information content (AvgIpc) is 2.98. The minimum absolute atomic E-state index is 0.740. The van der Waals surface area contributed by atoms with E-state index in [1.807, 2.05) is 0 Å². The first-order valence-electron chi connectivity index (χ1n) is 5.22. The van der Waals surface area contributed by atoms with Crippen molar-refractivity contribution in [3.63, 3.8) is 0 Å². The number of piperazine rings is 1. The number of hydrogen-bond donors (Lipinski definition) is 1. The highest BCUT2D eigenvalue weighted by atomic mass is 32.1. The fraction of sp³-hybridized carbons (Fsp3) is 0.778. The van der Waals surface area contributed by atoms with Gasteiger partial charge in [0.05, 0.1) is 0 Å². The molecule has 2 aliphatic rings. The highest BCUT2D eigenvalue weighted by Crippen LogP contribution is 2.42. The Morgan fingerprint density at radius 3 is 2.71 bits per heavy atom. The van der Waals surface area contributed by atoms with Gasteiger partial charge in [0.25, 0.3) is 0 Å². The molecule has 76 valence electrons. The molecule has 5 heteroatoms. The molecule has 1 aromatic heterocycles. The summed E-state index contributed by atoms with van der Waals surface area (Å²) in [6.07, 6.45) is 2.63. The van der Waals surface area contributed by atoms with Gasteiger partial charge in [0.15, 0.2) is 0 Å². The van der Waals surface area contributed by atoms with Crippen LogP contribution in [-0.4, -0.2) is 36.4 Å². The molecule has 0 atom stereocenters. The molecule has 0 bridgehead atoms. The molecule has 0 radical (unpaired) electrons. The van der Waals surface area contributed by atoms with E-state index >= 15 is 0 Å². The molecular formula is C9H14N4S. The third-order valence-corrected chi connectivity index (χ3v) is 3.89. The molecule has 1 N–H and O–H groups in total. The van der Waals surface area contributed by atoms with Crippen LogP contribution in [0.15, 0.2) is 0 Å². The number of anilines is 1. The smallest absolute Gasteiger partial charge is 0.208 e. The number of hydrogen-bond acceptors (Lipinski definition) is 5. The van der Waals surface area contributed by atoms with Crippen LogP contribution >= 0.6 is 11.3 Å². The maximum atomic E-state index is 4.27. The Hall–Kier alpha value is -0.680. The van der Waals surface area contributed by atoms with Crippen LogP contribution in [0.3, 0.4) is 0 Å². The van der Waals surface area contributed by atoms with E-state index in [1.165, 1.54) is 17.8 Å². The van der Waals surface area contributed by atoms with Gasteiger partial charge in [-0.3, -0.25) is 0 Å². The van der Waals surface area contributed by atoms with Crippen molar-refractivity contribution >= 4 is 16.5 Å². The summed E-state index contributed by atoms with van der Waals surface area (Å²) in [6, 6.07) is 0. The van der Waals surface area contributed by atoms with Crippen LogP contribution in [0.1, 0.15) is 23.8 Å². The second kappa shape index (κ2) is 3.47. The van der Waals surface area contributed by atoms with Gasteiger partial charge in [0.2, 0.25) is 5.13 Å². The highest BCUT2D eigenvalue weighted by Gasteiger charge is 2.28. The van der Waals surface area contributed by atoms with E-state index in [0.29, 0.717) is 0 Å². The average molecular weight is 210 g/mol. The molecule has 0 aromatic carbocycles. The predicted molar refractivity (Wildman–Crippen MR) is 57.0 cm³/mol. The number of aromatic nitrogens is 2. The van der Waals surface area contributed by atoms with Crippen LogP contribution in [-0.2, 0) is 0 Å². The Morgan fingerprint density at radius 2 is 2.00 bits per heavy atom. The molecule has 0 spiro atoms. The molecule has 1 aliphatic carbocycles. The van der Waals surface area contributed by atoms with E-state index in [4.69, 9.17) is 0 Å². The summed E-state index contributed by atoms with van der Waals surface area (Å²) >= 11 is 1.79. The fourth-order valence-corrected chi connectivity index (χ4v) is 2.77. The Bertz CT molecular complexity index is 314. The first kappa shape index (κ1) is 8.61. The summed E-state index contributed by atoms with van der Waals surface area (Å²) in [4.78, 5) is 2.33. The van der Waals surface area contributed by atoms with Gasteiger partial charge in [-0.1, -0.05) is 11.3 Å². The molecule has 2 heterocycles. The SMILES string of the molecule is C1CN(c2nnc(C3CC3)s2)CCN1. The molecule has 2 fully saturated rings. The molecule has 0 unspecified atom stereocenters. The van der Waals surface area contributed by atoms with Gasteiger partial charge in [-0.2, -0.15) is 0 Å². The second-order valence-electron chi connectivity index (χ2n) is 3.93. The van der Waals surface area contributed by atoms with E-state index in [-0.39, 0.29) is 0 Å².